The average Bonchev–Trinajstić information content (AvgIpc) is 2.27. The van der Waals surface area contributed by atoms with Crippen LogP contribution in [0.1, 0.15) is 0 Å². The van der Waals surface area contributed by atoms with Crippen molar-refractivity contribution in [2.75, 3.05) is 12.4 Å². The van der Waals surface area contributed by atoms with Crippen molar-refractivity contribution in [3.05, 3.63) is 18.3 Å². The molecule has 0 atom stereocenters. The number of nitrogens with one attached hydrogen (secondary N) is 1. The first kappa shape index (κ1) is 14.1. The summed E-state index contributed by atoms with van der Waals surface area (Å²) >= 11 is 0. The number of anilines is 1. The first-order valence-electron chi connectivity index (χ1n) is 4.44. The van der Waals surface area contributed by atoms with E-state index in [0.29, 0.717) is 0 Å². The van der Waals surface area contributed by atoms with Gasteiger partial charge in [0, 0.05) is 18.0 Å². The molecule has 9 heteroatoms. The Morgan fingerprint density at radius 1 is 1.33 bits per heavy atom. The van der Waals surface area contributed by atoms with Crippen LogP contribution in [0.4, 0.5) is 27.6 Å². The fourth-order valence-corrected chi connectivity index (χ4v) is 0.937. The van der Waals surface area contributed by atoms with Crippen LogP contribution in [-0.2, 0) is 4.79 Å². The van der Waals surface area contributed by atoms with Gasteiger partial charge in [-0.1, -0.05) is 0 Å². The smallest absolute Gasteiger partial charge is 0.463 e. The summed E-state index contributed by atoms with van der Waals surface area (Å²) in [5, 5.41) is 1.43. The molecule has 1 amide bonds. The van der Waals surface area contributed by atoms with Crippen LogP contribution in [0.2, 0.25) is 0 Å². The first-order valence-corrected chi connectivity index (χ1v) is 4.44. The van der Waals surface area contributed by atoms with Gasteiger partial charge in [-0.05, 0) is 6.07 Å². The Bertz CT molecular complexity index is 447. The Balaban J connectivity index is 2.88. The number of nitrogens with zero attached hydrogens (tertiary/aromatic N) is 1. The topological polar surface area (TPSA) is 51.2 Å². The lowest BCUT2D eigenvalue weighted by Crippen LogP contribution is -2.47. The third-order valence-corrected chi connectivity index (χ3v) is 1.84. The maximum absolute atomic E-state index is 12.6. The highest BCUT2D eigenvalue weighted by molar-refractivity contribution is 5.96. The second-order valence-corrected chi connectivity index (χ2v) is 3.11. The molecular formula is C9H7F5N2O2. The number of aromatic nitrogens is 1. The van der Waals surface area contributed by atoms with Crippen molar-refractivity contribution < 1.29 is 31.5 Å². The Hall–Kier alpha value is -1.93. The molecule has 0 spiro atoms. The predicted molar refractivity (Wildman–Crippen MR) is 50.4 cm³/mol. The van der Waals surface area contributed by atoms with E-state index in [1.807, 2.05) is 0 Å². The summed E-state index contributed by atoms with van der Waals surface area (Å²) in [5.74, 6) is -7.98. The summed E-state index contributed by atoms with van der Waals surface area (Å²) in [7, 11) is 1.22. The fourth-order valence-electron chi connectivity index (χ4n) is 0.937. The summed E-state index contributed by atoms with van der Waals surface area (Å²) in [6.07, 6.45) is -4.87. The highest BCUT2D eigenvalue weighted by Crippen LogP contribution is 2.36. The van der Waals surface area contributed by atoms with Crippen molar-refractivity contribution in [1.29, 1.82) is 0 Å². The van der Waals surface area contributed by atoms with Gasteiger partial charge in [-0.2, -0.15) is 22.0 Å². The number of halogens is 5. The maximum Gasteiger partial charge on any atom is 0.463 e. The first-order chi connectivity index (χ1) is 8.18. The van der Waals surface area contributed by atoms with Crippen LogP contribution < -0.4 is 10.1 Å². The molecule has 0 aliphatic heterocycles. The van der Waals surface area contributed by atoms with Crippen molar-refractivity contribution in [2.45, 2.75) is 12.1 Å². The Labute approximate surface area is 97.8 Å². The molecule has 1 N–H and O–H groups in total. The van der Waals surface area contributed by atoms with Crippen molar-refractivity contribution in [3.63, 3.8) is 0 Å². The monoisotopic (exact) mass is 270 g/mol. The van der Waals surface area contributed by atoms with Gasteiger partial charge in [-0.25, -0.2) is 4.98 Å². The molecule has 0 aromatic carbocycles. The summed E-state index contributed by atoms with van der Waals surface area (Å²) in [6.45, 7) is 0. The second kappa shape index (κ2) is 4.75. The van der Waals surface area contributed by atoms with Crippen molar-refractivity contribution in [2.24, 2.45) is 0 Å². The van der Waals surface area contributed by atoms with Crippen molar-refractivity contribution in [1.82, 2.24) is 4.98 Å². The highest BCUT2D eigenvalue weighted by Gasteiger charge is 2.63. The number of pyridine rings is 1. The Kier molecular flexibility index (Phi) is 3.73. The minimum Gasteiger partial charge on any atom is -0.481 e. The Morgan fingerprint density at radius 2 is 1.94 bits per heavy atom. The van der Waals surface area contributed by atoms with E-state index in [1.54, 1.807) is 0 Å². The zero-order chi connectivity index (χ0) is 14.0. The molecule has 0 saturated heterocycles. The zero-order valence-electron chi connectivity index (χ0n) is 8.89. The highest BCUT2D eigenvalue weighted by atomic mass is 19.4. The lowest BCUT2D eigenvalue weighted by molar-refractivity contribution is -0.267. The van der Waals surface area contributed by atoms with E-state index in [0.717, 1.165) is 18.3 Å². The van der Waals surface area contributed by atoms with Gasteiger partial charge in [0.05, 0.1) is 7.11 Å². The molecule has 18 heavy (non-hydrogen) atoms. The molecule has 0 bridgehead atoms. The molecular weight excluding hydrogens is 263 g/mol. The van der Waals surface area contributed by atoms with Crippen LogP contribution in [0.5, 0.6) is 5.88 Å². The van der Waals surface area contributed by atoms with E-state index in [1.165, 1.54) is 12.4 Å². The fraction of sp³-hybridized carbons (Fsp3) is 0.333. The van der Waals surface area contributed by atoms with Gasteiger partial charge in [0.25, 0.3) is 0 Å². The van der Waals surface area contributed by atoms with Gasteiger partial charge < -0.3 is 10.1 Å². The van der Waals surface area contributed by atoms with Crippen LogP contribution in [-0.4, -0.2) is 30.1 Å². The largest absolute Gasteiger partial charge is 0.481 e. The van der Waals surface area contributed by atoms with Crippen LogP contribution in [0.3, 0.4) is 0 Å². The second-order valence-electron chi connectivity index (χ2n) is 3.11. The summed E-state index contributed by atoms with van der Waals surface area (Å²) in [5.41, 5.74) is -0.282. The third-order valence-electron chi connectivity index (χ3n) is 1.84. The van der Waals surface area contributed by atoms with Gasteiger partial charge in [0.2, 0.25) is 5.88 Å². The summed E-state index contributed by atoms with van der Waals surface area (Å²) < 4.78 is 65.5. The molecule has 1 rings (SSSR count). The summed E-state index contributed by atoms with van der Waals surface area (Å²) in [4.78, 5) is 14.4. The number of methoxy groups -OCH3 is 1. The number of amides is 1. The van der Waals surface area contributed by atoms with Gasteiger partial charge in [0.15, 0.2) is 0 Å². The number of hydrogen-bond donors (Lipinski definition) is 1. The molecule has 1 aromatic rings. The van der Waals surface area contributed by atoms with Crippen LogP contribution in [0, 0.1) is 0 Å². The number of ether oxygens (including phenoxy) is 1. The molecule has 0 aliphatic carbocycles. The maximum atomic E-state index is 12.6. The number of alkyl halides is 5. The molecule has 1 heterocycles. The van der Waals surface area contributed by atoms with Gasteiger partial charge >= 0.3 is 18.0 Å². The Morgan fingerprint density at radius 3 is 2.44 bits per heavy atom. The van der Waals surface area contributed by atoms with Crippen LogP contribution in [0.25, 0.3) is 0 Å². The minimum absolute atomic E-state index is 0.0388. The normalized spacial score (nSPS) is 12.1. The quantitative estimate of drug-likeness (QED) is 0.857. The van der Waals surface area contributed by atoms with E-state index in [2.05, 4.69) is 9.72 Å². The number of carbonyl (C=O) groups is 1. The van der Waals surface area contributed by atoms with Crippen LogP contribution >= 0.6 is 0 Å². The van der Waals surface area contributed by atoms with Gasteiger partial charge in [0.1, 0.15) is 0 Å². The molecule has 0 fully saturated rings. The number of hydrogen-bond acceptors (Lipinski definition) is 3. The molecule has 1 aromatic heterocycles. The predicted octanol–water partition coefficient (Wildman–Crippen LogP) is 2.23. The van der Waals surface area contributed by atoms with E-state index >= 15 is 0 Å². The number of carbonyl (C=O) groups excluding carboxylic acids is 1. The van der Waals surface area contributed by atoms with Gasteiger partial charge in [-0.3, -0.25) is 4.79 Å². The molecule has 0 radical (unpaired) electrons. The lowest BCUT2D eigenvalue weighted by Gasteiger charge is -2.18. The van der Waals surface area contributed by atoms with E-state index < -0.39 is 18.0 Å². The lowest BCUT2D eigenvalue weighted by atomic mass is 10.3. The third kappa shape index (κ3) is 2.84. The standard InChI is InChI=1S/C9H7F5N2O2/c1-18-6-4-5(2-3-15-6)16-7(17)8(10,11)9(12,13)14/h2-4H,1H3,(H,15,16,17). The van der Waals surface area contributed by atoms with Gasteiger partial charge in [-0.15, -0.1) is 0 Å². The van der Waals surface area contributed by atoms with E-state index in [-0.39, 0.29) is 11.6 Å². The molecule has 0 saturated carbocycles. The summed E-state index contributed by atoms with van der Waals surface area (Å²) in [6, 6.07) is 2.05. The molecule has 4 nitrogen and oxygen atoms in total. The molecule has 0 aliphatic rings. The number of rotatable bonds is 3. The van der Waals surface area contributed by atoms with Crippen molar-refractivity contribution >= 4 is 11.6 Å². The molecule has 0 unspecified atom stereocenters. The average molecular weight is 270 g/mol. The SMILES string of the molecule is COc1cc(NC(=O)C(F)(F)C(F)(F)F)ccn1. The van der Waals surface area contributed by atoms with Crippen molar-refractivity contribution in [3.8, 4) is 5.88 Å². The van der Waals surface area contributed by atoms with E-state index in [4.69, 9.17) is 0 Å². The zero-order valence-corrected chi connectivity index (χ0v) is 8.89. The van der Waals surface area contributed by atoms with Crippen LogP contribution in [0.15, 0.2) is 18.3 Å². The van der Waals surface area contributed by atoms with E-state index in [9.17, 15) is 26.7 Å². The molecule has 100 valence electrons. The minimum atomic E-state index is -5.95.